The summed E-state index contributed by atoms with van der Waals surface area (Å²) in [5, 5.41) is 0. The fourth-order valence-electron chi connectivity index (χ4n) is 4.42. The molecule has 1 fully saturated rings. The molecule has 1 nitrogen and oxygen atoms in total. The fraction of sp³-hybridized carbons (Fsp3) is 0.684. The van der Waals surface area contributed by atoms with Gasteiger partial charge in [0.2, 0.25) is 0 Å². The second-order valence-corrected chi connectivity index (χ2v) is 7.77. The summed E-state index contributed by atoms with van der Waals surface area (Å²) >= 11 is 0. The van der Waals surface area contributed by atoms with Gasteiger partial charge in [0.05, 0.1) is 19.6 Å². The lowest BCUT2D eigenvalue weighted by atomic mass is 9.80. The molecule has 0 saturated carbocycles. The number of rotatable bonds is 3. The monoisotopic (exact) mass is 307 g/mol. The molecule has 3 rings (SSSR count). The van der Waals surface area contributed by atoms with E-state index in [9.17, 15) is 0 Å². The summed E-state index contributed by atoms with van der Waals surface area (Å²) in [5.41, 5.74) is 3.85. The Hall–Kier alpha value is -0.530. The third kappa shape index (κ3) is 4.23. The average molecular weight is 308 g/mol. The van der Waals surface area contributed by atoms with Gasteiger partial charge in [-0.15, -0.1) is 0 Å². The molecule has 1 heterocycles. The molecule has 2 aliphatic rings. The summed E-state index contributed by atoms with van der Waals surface area (Å²) in [6.07, 6.45) is 8.33. The van der Waals surface area contributed by atoms with Crippen LogP contribution in [0.2, 0.25) is 0 Å². The SMILES string of the molecule is CC1(C)CCC[NH+](CCC2CCCc3ccccc32)C1.[Cl-]. The molecular formula is C19H30ClN. The number of nitrogens with one attached hydrogen (secondary N) is 1. The zero-order valence-corrected chi connectivity index (χ0v) is 14.4. The minimum Gasteiger partial charge on any atom is -1.00 e. The predicted molar refractivity (Wildman–Crippen MR) is 85.3 cm³/mol. The first-order valence-electron chi connectivity index (χ1n) is 8.55. The number of fused-ring (bicyclic) bond motifs is 1. The van der Waals surface area contributed by atoms with E-state index >= 15 is 0 Å². The van der Waals surface area contributed by atoms with Gasteiger partial charge in [-0.3, -0.25) is 0 Å². The van der Waals surface area contributed by atoms with Crippen molar-refractivity contribution in [2.45, 2.75) is 58.3 Å². The molecule has 2 unspecified atom stereocenters. The van der Waals surface area contributed by atoms with Gasteiger partial charge in [0.1, 0.15) is 0 Å². The zero-order valence-electron chi connectivity index (χ0n) is 13.6. The smallest absolute Gasteiger partial charge is 0.0822 e. The maximum Gasteiger partial charge on any atom is 0.0822 e. The van der Waals surface area contributed by atoms with E-state index in [0.717, 1.165) is 5.92 Å². The highest BCUT2D eigenvalue weighted by atomic mass is 35.5. The largest absolute Gasteiger partial charge is 1.00 e. The second-order valence-electron chi connectivity index (χ2n) is 7.77. The molecule has 0 aromatic heterocycles. The number of likely N-dealkylation sites (tertiary alicyclic amines) is 1. The van der Waals surface area contributed by atoms with Crippen molar-refractivity contribution in [1.82, 2.24) is 0 Å². The average Bonchev–Trinajstić information content (AvgIpc) is 2.44. The zero-order chi connectivity index (χ0) is 14.0. The van der Waals surface area contributed by atoms with E-state index < -0.39 is 0 Å². The summed E-state index contributed by atoms with van der Waals surface area (Å²) in [6.45, 7) is 9.05. The van der Waals surface area contributed by atoms with E-state index in [1.54, 1.807) is 11.1 Å². The van der Waals surface area contributed by atoms with Gasteiger partial charge in [0, 0.05) is 11.8 Å². The third-order valence-electron chi connectivity index (χ3n) is 5.45. The minimum atomic E-state index is 0. The number of piperidine rings is 1. The van der Waals surface area contributed by atoms with Gasteiger partial charge in [-0.1, -0.05) is 38.1 Å². The van der Waals surface area contributed by atoms with E-state index in [4.69, 9.17) is 0 Å². The Morgan fingerprint density at radius 3 is 2.81 bits per heavy atom. The molecule has 118 valence electrons. The Balaban J connectivity index is 0.00000161. The van der Waals surface area contributed by atoms with Crippen LogP contribution in [0.1, 0.15) is 63.0 Å². The summed E-state index contributed by atoms with van der Waals surface area (Å²) in [5.74, 6) is 0.831. The molecule has 1 N–H and O–H groups in total. The number of benzene rings is 1. The molecule has 2 heteroatoms. The van der Waals surface area contributed by atoms with Gasteiger partial charge in [0.15, 0.2) is 0 Å². The molecule has 2 atom stereocenters. The Kier molecular flexibility index (Phi) is 5.73. The number of hydrogen-bond donors (Lipinski definition) is 1. The number of aryl methyl sites for hydroxylation is 1. The van der Waals surface area contributed by atoms with E-state index in [-0.39, 0.29) is 12.4 Å². The summed E-state index contributed by atoms with van der Waals surface area (Å²) < 4.78 is 0. The van der Waals surface area contributed by atoms with Gasteiger partial charge in [0.25, 0.3) is 0 Å². The number of halogens is 1. The molecule has 21 heavy (non-hydrogen) atoms. The number of quaternary nitrogens is 1. The van der Waals surface area contributed by atoms with Crippen molar-refractivity contribution in [2.75, 3.05) is 19.6 Å². The van der Waals surface area contributed by atoms with Crippen LogP contribution in [0.4, 0.5) is 0 Å². The Morgan fingerprint density at radius 2 is 2.00 bits per heavy atom. The van der Waals surface area contributed by atoms with Crippen LogP contribution in [0.25, 0.3) is 0 Å². The van der Waals surface area contributed by atoms with Crippen molar-refractivity contribution in [3.63, 3.8) is 0 Å². The number of hydrogen-bond acceptors (Lipinski definition) is 0. The quantitative estimate of drug-likeness (QED) is 0.814. The van der Waals surface area contributed by atoms with Gasteiger partial charge >= 0.3 is 0 Å². The van der Waals surface area contributed by atoms with Crippen LogP contribution in [0, 0.1) is 5.41 Å². The highest BCUT2D eigenvalue weighted by molar-refractivity contribution is 5.32. The lowest BCUT2D eigenvalue weighted by Gasteiger charge is -2.36. The van der Waals surface area contributed by atoms with Crippen LogP contribution in [-0.2, 0) is 6.42 Å². The highest BCUT2D eigenvalue weighted by Crippen LogP contribution is 2.33. The summed E-state index contributed by atoms with van der Waals surface area (Å²) in [7, 11) is 0. The maximum atomic E-state index is 2.45. The van der Waals surface area contributed by atoms with Crippen LogP contribution in [0.15, 0.2) is 24.3 Å². The molecule has 0 radical (unpaired) electrons. The van der Waals surface area contributed by atoms with Crippen LogP contribution < -0.4 is 17.3 Å². The lowest BCUT2D eigenvalue weighted by Crippen LogP contribution is -3.14. The van der Waals surface area contributed by atoms with Crippen LogP contribution in [0.3, 0.4) is 0 Å². The molecule has 1 saturated heterocycles. The predicted octanol–water partition coefficient (Wildman–Crippen LogP) is 0.206. The van der Waals surface area contributed by atoms with E-state index in [0.29, 0.717) is 5.41 Å². The first-order valence-corrected chi connectivity index (χ1v) is 8.55. The van der Waals surface area contributed by atoms with Gasteiger partial charge in [-0.2, -0.15) is 0 Å². The molecule has 1 aliphatic heterocycles. The van der Waals surface area contributed by atoms with E-state index in [1.807, 2.05) is 4.90 Å². The molecule has 1 aromatic carbocycles. The Labute approximate surface area is 136 Å². The summed E-state index contributed by atoms with van der Waals surface area (Å²) in [4.78, 5) is 1.85. The first kappa shape index (κ1) is 16.8. The second kappa shape index (κ2) is 7.15. The van der Waals surface area contributed by atoms with Crippen LogP contribution in [0.5, 0.6) is 0 Å². The van der Waals surface area contributed by atoms with Crippen molar-refractivity contribution in [3.05, 3.63) is 35.4 Å². The lowest BCUT2D eigenvalue weighted by molar-refractivity contribution is -0.912. The molecule has 0 amide bonds. The maximum absolute atomic E-state index is 2.45. The Morgan fingerprint density at radius 1 is 1.19 bits per heavy atom. The molecule has 1 aliphatic carbocycles. The summed E-state index contributed by atoms with van der Waals surface area (Å²) in [6, 6.07) is 9.17. The minimum absolute atomic E-state index is 0. The van der Waals surface area contributed by atoms with Gasteiger partial charge in [-0.05, 0) is 49.1 Å². The first-order chi connectivity index (χ1) is 9.64. The Bertz CT molecular complexity index is 455. The van der Waals surface area contributed by atoms with E-state index in [1.165, 1.54) is 58.2 Å². The van der Waals surface area contributed by atoms with Crippen molar-refractivity contribution in [1.29, 1.82) is 0 Å². The third-order valence-corrected chi connectivity index (χ3v) is 5.45. The molecule has 0 bridgehead atoms. The van der Waals surface area contributed by atoms with Gasteiger partial charge < -0.3 is 17.3 Å². The van der Waals surface area contributed by atoms with Crippen molar-refractivity contribution >= 4 is 0 Å². The normalized spacial score (nSPS) is 27.5. The molecule has 1 aromatic rings. The van der Waals surface area contributed by atoms with Gasteiger partial charge in [-0.25, -0.2) is 0 Å². The highest BCUT2D eigenvalue weighted by Gasteiger charge is 2.30. The topological polar surface area (TPSA) is 4.44 Å². The van der Waals surface area contributed by atoms with Crippen LogP contribution >= 0.6 is 0 Å². The van der Waals surface area contributed by atoms with E-state index in [2.05, 4.69) is 38.1 Å². The fourth-order valence-corrected chi connectivity index (χ4v) is 4.42. The standard InChI is InChI=1S/C19H29N.ClH/c1-19(2)12-6-13-20(15-19)14-11-17-9-5-8-16-7-3-4-10-18(16)17;/h3-4,7,10,17H,5-6,8-9,11-15H2,1-2H3;1H. The van der Waals surface area contributed by atoms with Crippen LogP contribution in [-0.4, -0.2) is 19.6 Å². The van der Waals surface area contributed by atoms with Crippen molar-refractivity contribution in [2.24, 2.45) is 5.41 Å². The molecule has 0 spiro atoms. The van der Waals surface area contributed by atoms with Crippen molar-refractivity contribution in [3.8, 4) is 0 Å². The van der Waals surface area contributed by atoms with Crippen molar-refractivity contribution < 1.29 is 17.3 Å². The molecular weight excluding hydrogens is 278 g/mol.